The Morgan fingerprint density at radius 2 is 2.00 bits per heavy atom. The maximum Gasteiger partial charge on any atom is 0.223 e. The highest BCUT2D eigenvalue weighted by atomic mass is 32.2. The minimum atomic E-state index is -3.18. The molecule has 0 saturated heterocycles. The minimum absolute atomic E-state index is 0.0295. The van der Waals surface area contributed by atoms with E-state index >= 15 is 0 Å². The van der Waals surface area contributed by atoms with Gasteiger partial charge >= 0.3 is 0 Å². The summed E-state index contributed by atoms with van der Waals surface area (Å²) in [6.07, 6.45) is 3.51. The first-order valence-electron chi connectivity index (χ1n) is 8.07. The Labute approximate surface area is 136 Å². The van der Waals surface area contributed by atoms with E-state index in [1.807, 2.05) is 13.8 Å². The van der Waals surface area contributed by atoms with Gasteiger partial charge in [-0.3, -0.25) is 4.79 Å². The standard InChI is InChI=1S/C15H23N3O4S/c1-9-14(10(2)22-17-9)8-16-15(19)11-3-4-12(7-11)18-23(20,21)13-5-6-13/h11-13,18H,3-8H2,1-2H3,(H,16,19)/t11-,12+/m0/s1. The van der Waals surface area contributed by atoms with Crippen LogP contribution in [-0.2, 0) is 21.4 Å². The van der Waals surface area contributed by atoms with Crippen molar-refractivity contribution in [3.63, 3.8) is 0 Å². The monoisotopic (exact) mass is 341 g/mol. The van der Waals surface area contributed by atoms with Gasteiger partial charge in [-0.25, -0.2) is 13.1 Å². The Morgan fingerprint density at radius 1 is 1.26 bits per heavy atom. The highest BCUT2D eigenvalue weighted by molar-refractivity contribution is 7.90. The zero-order chi connectivity index (χ0) is 16.6. The van der Waals surface area contributed by atoms with Gasteiger partial charge in [0.25, 0.3) is 0 Å². The van der Waals surface area contributed by atoms with Crippen molar-refractivity contribution in [2.24, 2.45) is 5.92 Å². The average molecular weight is 341 g/mol. The van der Waals surface area contributed by atoms with E-state index in [0.29, 0.717) is 25.1 Å². The van der Waals surface area contributed by atoms with Gasteiger partial charge in [-0.1, -0.05) is 5.16 Å². The second-order valence-electron chi connectivity index (χ2n) is 6.59. The molecule has 2 aliphatic rings. The molecule has 0 aliphatic heterocycles. The number of aromatic nitrogens is 1. The van der Waals surface area contributed by atoms with E-state index in [9.17, 15) is 13.2 Å². The summed E-state index contributed by atoms with van der Waals surface area (Å²) in [5, 5.41) is 6.56. The Balaban J connectivity index is 1.49. The molecule has 8 heteroatoms. The van der Waals surface area contributed by atoms with Crippen molar-refractivity contribution in [1.82, 2.24) is 15.2 Å². The predicted molar refractivity (Wildman–Crippen MR) is 84.0 cm³/mol. The summed E-state index contributed by atoms with van der Waals surface area (Å²) in [5.41, 5.74) is 1.69. The lowest BCUT2D eigenvalue weighted by Gasteiger charge is -2.13. The van der Waals surface area contributed by atoms with Crippen molar-refractivity contribution < 1.29 is 17.7 Å². The van der Waals surface area contributed by atoms with E-state index in [4.69, 9.17) is 4.52 Å². The van der Waals surface area contributed by atoms with Crippen LogP contribution in [0.15, 0.2) is 4.52 Å². The zero-order valence-corrected chi connectivity index (χ0v) is 14.3. The molecule has 1 heterocycles. The van der Waals surface area contributed by atoms with Gasteiger partial charge in [-0.05, 0) is 46.0 Å². The Hall–Kier alpha value is -1.41. The normalized spacial score (nSPS) is 24.8. The number of aryl methyl sites for hydroxylation is 2. The zero-order valence-electron chi connectivity index (χ0n) is 13.5. The Kier molecular flexibility index (Phi) is 4.46. The van der Waals surface area contributed by atoms with Crippen LogP contribution in [0, 0.1) is 19.8 Å². The number of hydrogen-bond acceptors (Lipinski definition) is 5. The average Bonchev–Trinajstić information content (AvgIpc) is 3.19. The van der Waals surface area contributed by atoms with Gasteiger partial charge in [-0.15, -0.1) is 0 Å². The van der Waals surface area contributed by atoms with Crippen LogP contribution < -0.4 is 10.0 Å². The maximum absolute atomic E-state index is 12.3. The lowest BCUT2D eigenvalue weighted by molar-refractivity contribution is -0.125. The molecule has 1 aromatic heterocycles. The van der Waals surface area contributed by atoms with Gasteiger partial charge < -0.3 is 9.84 Å². The van der Waals surface area contributed by atoms with Crippen molar-refractivity contribution in [2.45, 2.75) is 63.8 Å². The molecule has 0 spiro atoms. The molecule has 0 aromatic carbocycles. The maximum atomic E-state index is 12.3. The third-order valence-corrected chi connectivity index (χ3v) is 6.73. The summed E-state index contributed by atoms with van der Waals surface area (Å²) in [7, 11) is -3.18. The van der Waals surface area contributed by atoms with Gasteiger partial charge in [0.15, 0.2) is 0 Å². The lowest BCUT2D eigenvalue weighted by atomic mass is 10.1. The molecule has 0 bridgehead atoms. The fraction of sp³-hybridized carbons (Fsp3) is 0.733. The number of nitrogens with one attached hydrogen (secondary N) is 2. The van der Waals surface area contributed by atoms with E-state index in [1.54, 1.807) is 0 Å². The van der Waals surface area contributed by atoms with Gasteiger partial charge in [0, 0.05) is 24.1 Å². The van der Waals surface area contributed by atoms with E-state index in [0.717, 1.165) is 30.5 Å². The van der Waals surface area contributed by atoms with E-state index in [1.165, 1.54) is 0 Å². The molecule has 2 N–H and O–H groups in total. The van der Waals surface area contributed by atoms with E-state index in [2.05, 4.69) is 15.2 Å². The van der Waals surface area contributed by atoms with Gasteiger partial charge in [0.05, 0.1) is 10.9 Å². The number of carbonyl (C=O) groups is 1. The Bertz CT molecular complexity index is 674. The number of rotatable bonds is 6. The number of sulfonamides is 1. The molecule has 2 saturated carbocycles. The van der Waals surface area contributed by atoms with Gasteiger partial charge in [-0.2, -0.15) is 0 Å². The van der Waals surface area contributed by atoms with Crippen molar-refractivity contribution in [3.8, 4) is 0 Å². The van der Waals surface area contributed by atoms with Gasteiger partial charge in [0.1, 0.15) is 5.76 Å². The third-order valence-electron chi connectivity index (χ3n) is 4.72. The molecule has 2 fully saturated rings. The van der Waals surface area contributed by atoms with Crippen LogP contribution in [0.5, 0.6) is 0 Å². The molecule has 0 radical (unpaired) electrons. The van der Waals surface area contributed by atoms with Crippen molar-refractivity contribution in [1.29, 1.82) is 0 Å². The van der Waals surface area contributed by atoms with Crippen molar-refractivity contribution >= 4 is 15.9 Å². The molecular formula is C15H23N3O4S. The number of hydrogen-bond donors (Lipinski definition) is 2. The molecule has 2 aliphatic carbocycles. The second kappa shape index (κ2) is 6.24. The first kappa shape index (κ1) is 16.4. The number of carbonyl (C=O) groups excluding carboxylic acids is 1. The predicted octanol–water partition coefficient (Wildman–Crippen LogP) is 1.16. The Morgan fingerprint density at radius 3 is 2.61 bits per heavy atom. The molecule has 7 nitrogen and oxygen atoms in total. The number of amides is 1. The summed E-state index contributed by atoms with van der Waals surface area (Å²) >= 11 is 0. The van der Waals surface area contributed by atoms with E-state index < -0.39 is 10.0 Å². The van der Waals surface area contributed by atoms with Crippen LogP contribution in [-0.4, -0.2) is 30.8 Å². The highest BCUT2D eigenvalue weighted by Gasteiger charge is 2.39. The summed E-state index contributed by atoms with van der Waals surface area (Å²) < 4.78 is 31.7. The lowest BCUT2D eigenvalue weighted by Crippen LogP contribution is -2.36. The fourth-order valence-corrected chi connectivity index (χ4v) is 4.74. The minimum Gasteiger partial charge on any atom is -0.361 e. The van der Waals surface area contributed by atoms with Crippen LogP contribution in [0.1, 0.15) is 49.1 Å². The molecule has 23 heavy (non-hydrogen) atoms. The SMILES string of the molecule is Cc1noc(C)c1CNC(=O)[C@H]1CC[C@@H](NS(=O)(=O)C2CC2)C1. The first-order chi connectivity index (χ1) is 10.9. The largest absolute Gasteiger partial charge is 0.361 e. The molecule has 128 valence electrons. The first-order valence-corrected chi connectivity index (χ1v) is 9.62. The summed E-state index contributed by atoms with van der Waals surface area (Å²) in [4.78, 5) is 12.3. The van der Waals surface area contributed by atoms with E-state index in [-0.39, 0.29) is 23.1 Å². The van der Waals surface area contributed by atoms with Crippen LogP contribution >= 0.6 is 0 Å². The molecule has 2 atom stereocenters. The number of nitrogens with zero attached hydrogens (tertiary/aromatic N) is 1. The quantitative estimate of drug-likeness (QED) is 0.808. The second-order valence-corrected chi connectivity index (χ2v) is 8.58. The molecule has 1 amide bonds. The van der Waals surface area contributed by atoms with Crippen LogP contribution in [0.3, 0.4) is 0 Å². The van der Waals surface area contributed by atoms with Crippen LogP contribution in [0.2, 0.25) is 0 Å². The summed E-state index contributed by atoms with van der Waals surface area (Å²) in [6.45, 7) is 4.06. The fourth-order valence-electron chi connectivity index (χ4n) is 3.11. The molecular weight excluding hydrogens is 318 g/mol. The molecule has 0 unspecified atom stereocenters. The third kappa shape index (κ3) is 3.74. The van der Waals surface area contributed by atoms with Crippen molar-refractivity contribution in [2.75, 3.05) is 0 Å². The topological polar surface area (TPSA) is 101 Å². The van der Waals surface area contributed by atoms with Crippen LogP contribution in [0.4, 0.5) is 0 Å². The van der Waals surface area contributed by atoms with Crippen molar-refractivity contribution in [3.05, 3.63) is 17.0 Å². The summed E-state index contributed by atoms with van der Waals surface area (Å²) in [6, 6.07) is -0.115. The highest BCUT2D eigenvalue weighted by Crippen LogP contribution is 2.31. The molecule has 3 rings (SSSR count). The molecule has 1 aromatic rings. The summed E-state index contributed by atoms with van der Waals surface area (Å²) in [5.74, 6) is 0.546. The van der Waals surface area contributed by atoms with Crippen LogP contribution in [0.25, 0.3) is 0 Å². The smallest absolute Gasteiger partial charge is 0.223 e. The van der Waals surface area contributed by atoms with Gasteiger partial charge in [0.2, 0.25) is 15.9 Å².